The number of amides is 1. The highest BCUT2D eigenvalue weighted by atomic mass is 32.1. The molecule has 7 nitrogen and oxygen atoms in total. The zero-order valence-electron chi connectivity index (χ0n) is 11.6. The van der Waals surface area contributed by atoms with Gasteiger partial charge in [-0.05, 0) is 25.3 Å². The van der Waals surface area contributed by atoms with Crippen molar-refractivity contribution in [3.05, 3.63) is 40.7 Å². The van der Waals surface area contributed by atoms with Crippen LogP contribution in [0.2, 0.25) is 0 Å². The molecule has 0 atom stereocenters. The normalized spacial score (nSPS) is 10.8. The van der Waals surface area contributed by atoms with Crippen LogP contribution in [0, 0.1) is 6.92 Å². The molecule has 3 heterocycles. The van der Waals surface area contributed by atoms with Crippen molar-refractivity contribution >= 4 is 22.9 Å². The third kappa shape index (κ3) is 2.45. The van der Waals surface area contributed by atoms with E-state index in [0.29, 0.717) is 16.4 Å². The summed E-state index contributed by atoms with van der Waals surface area (Å²) in [7, 11) is 0. The Labute approximate surface area is 125 Å². The maximum atomic E-state index is 12.3. The van der Waals surface area contributed by atoms with Gasteiger partial charge in [0.15, 0.2) is 5.82 Å². The Morgan fingerprint density at radius 1 is 1.38 bits per heavy atom. The van der Waals surface area contributed by atoms with Crippen LogP contribution in [0.25, 0.3) is 5.82 Å². The summed E-state index contributed by atoms with van der Waals surface area (Å²) >= 11 is 1.40. The van der Waals surface area contributed by atoms with Gasteiger partial charge in [0.1, 0.15) is 18.3 Å². The average Bonchev–Trinajstić information content (AvgIpc) is 3.20. The van der Waals surface area contributed by atoms with Crippen molar-refractivity contribution in [1.29, 1.82) is 0 Å². The Morgan fingerprint density at radius 3 is 2.76 bits per heavy atom. The fraction of sp³-hybridized carbons (Fsp3) is 0.231. The third-order valence-corrected chi connectivity index (χ3v) is 4.00. The van der Waals surface area contributed by atoms with E-state index in [-0.39, 0.29) is 5.91 Å². The smallest absolute Gasteiger partial charge is 0.265 e. The highest BCUT2D eigenvalue weighted by Crippen LogP contribution is 2.25. The van der Waals surface area contributed by atoms with E-state index in [4.69, 9.17) is 0 Å². The van der Waals surface area contributed by atoms with Crippen LogP contribution >= 0.6 is 11.3 Å². The molecule has 0 saturated carbocycles. The maximum Gasteiger partial charge on any atom is 0.265 e. The van der Waals surface area contributed by atoms with Crippen molar-refractivity contribution in [3.8, 4) is 5.82 Å². The Balaban J connectivity index is 2.00. The van der Waals surface area contributed by atoms with Crippen molar-refractivity contribution < 1.29 is 4.79 Å². The molecule has 0 aliphatic heterocycles. The number of hydrogen-bond acceptors (Lipinski definition) is 5. The van der Waals surface area contributed by atoms with Crippen molar-refractivity contribution in [2.45, 2.75) is 20.4 Å². The van der Waals surface area contributed by atoms with Crippen molar-refractivity contribution in [2.75, 3.05) is 5.32 Å². The number of thiophene rings is 1. The second-order valence-electron chi connectivity index (χ2n) is 4.40. The summed E-state index contributed by atoms with van der Waals surface area (Å²) < 4.78 is 3.52. The van der Waals surface area contributed by atoms with E-state index in [9.17, 15) is 4.79 Å². The highest BCUT2D eigenvalue weighted by Gasteiger charge is 2.19. The molecule has 0 radical (unpaired) electrons. The van der Waals surface area contributed by atoms with E-state index >= 15 is 0 Å². The minimum absolute atomic E-state index is 0.141. The molecule has 0 aromatic carbocycles. The minimum Gasteiger partial charge on any atom is -0.317 e. The van der Waals surface area contributed by atoms with Crippen LogP contribution in [-0.4, -0.2) is 30.5 Å². The number of anilines is 1. The molecule has 0 saturated heterocycles. The number of rotatable bonds is 4. The summed E-state index contributed by atoms with van der Waals surface area (Å²) in [5.41, 5.74) is 1.57. The van der Waals surface area contributed by atoms with Crippen LogP contribution in [0.5, 0.6) is 0 Å². The molecule has 108 valence electrons. The maximum absolute atomic E-state index is 12.3. The number of carbonyl (C=O) groups is 1. The number of carbonyl (C=O) groups excluding carboxylic acids is 1. The second kappa shape index (κ2) is 5.49. The Kier molecular flexibility index (Phi) is 3.53. The quantitative estimate of drug-likeness (QED) is 0.800. The van der Waals surface area contributed by atoms with Crippen LogP contribution in [0.15, 0.2) is 30.2 Å². The van der Waals surface area contributed by atoms with Gasteiger partial charge in [-0.2, -0.15) is 5.10 Å². The topological polar surface area (TPSA) is 77.6 Å². The molecular weight excluding hydrogens is 288 g/mol. The lowest BCUT2D eigenvalue weighted by atomic mass is 10.3. The molecule has 3 rings (SSSR count). The van der Waals surface area contributed by atoms with Gasteiger partial charge in [-0.3, -0.25) is 14.0 Å². The van der Waals surface area contributed by atoms with E-state index < -0.39 is 0 Å². The van der Waals surface area contributed by atoms with Gasteiger partial charge in [0, 0.05) is 6.54 Å². The van der Waals surface area contributed by atoms with E-state index in [1.807, 2.05) is 30.0 Å². The first kappa shape index (κ1) is 13.5. The highest BCUT2D eigenvalue weighted by molar-refractivity contribution is 7.12. The van der Waals surface area contributed by atoms with E-state index in [2.05, 4.69) is 20.6 Å². The summed E-state index contributed by atoms with van der Waals surface area (Å²) in [4.78, 5) is 12.9. The van der Waals surface area contributed by atoms with Crippen LogP contribution < -0.4 is 5.32 Å². The van der Waals surface area contributed by atoms with Gasteiger partial charge in [-0.1, -0.05) is 6.07 Å². The number of aromatic nitrogens is 5. The molecule has 0 aliphatic rings. The molecule has 0 spiro atoms. The van der Waals surface area contributed by atoms with Crippen LogP contribution in [0.3, 0.4) is 0 Å². The molecule has 3 aromatic rings. The SMILES string of the molecule is CCn1nc(-n2cnnc2)c(NC(=O)c2cccs2)c1C. The van der Waals surface area contributed by atoms with Gasteiger partial charge in [0.05, 0.1) is 10.6 Å². The summed E-state index contributed by atoms with van der Waals surface area (Å²) in [6.45, 7) is 4.64. The molecule has 1 amide bonds. The Morgan fingerprint density at radius 2 is 2.14 bits per heavy atom. The minimum atomic E-state index is -0.141. The molecule has 0 aliphatic carbocycles. The first-order valence-electron chi connectivity index (χ1n) is 6.48. The standard InChI is InChI=1S/C13H14N6OS/c1-3-19-9(2)11(12(17-19)18-7-14-15-8-18)16-13(20)10-5-4-6-21-10/h4-8H,3H2,1-2H3,(H,16,20). The average molecular weight is 302 g/mol. The first-order valence-corrected chi connectivity index (χ1v) is 7.36. The van der Waals surface area contributed by atoms with Gasteiger partial charge >= 0.3 is 0 Å². The van der Waals surface area contributed by atoms with E-state index in [1.165, 1.54) is 11.3 Å². The summed E-state index contributed by atoms with van der Waals surface area (Å²) in [6.07, 6.45) is 3.12. The second-order valence-corrected chi connectivity index (χ2v) is 5.35. The molecular formula is C13H14N6OS. The number of aryl methyl sites for hydroxylation is 1. The van der Waals surface area contributed by atoms with Gasteiger partial charge in [-0.25, -0.2) is 0 Å². The number of nitrogens with one attached hydrogen (secondary N) is 1. The van der Waals surface area contributed by atoms with Crippen molar-refractivity contribution in [2.24, 2.45) is 0 Å². The number of nitrogens with zero attached hydrogens (tertiary/aromatic N) is 5. The molecule has 1 N–H and O–H groups in total. The van der Waals surface area contributed by atoms with Gasteiger partial charge in [0.2, 0.25) is 0 Å². The van der Waals surface area contributed by atoms with Crippen LogP contribution in [0.4, 0.5) is 5.69 Å². The molecule has 0 unspecified atom stereocenters. The third-order valence-electron chi connectivity index (χ3n) is 3.13. The molecule has 21 heavy (non-hydrogen) atoms. The van der Waals surface area contributed by atoms with E-state index in [0.717, 1.165) is 12.2 Å². The predicted molar refractivity (Wildman–Crippen MR) is 79.8 cm³/mol. The summed E-state index contributed by atoms with van der Waals surface area (Å²) in [6, 6.07) is 3.64. The van der Waals surface area contributed by atoms with Gasteiger partial charge in [0.25, 0.3) is 5.91 Å². The van der Waals surface area contributed by atoms with Crippen molar-refractivity contribution in [3.63, 3.8) is 0 Å². The summed E-state index contributed by atoms with van der Waals surface area (Å²) in [5.74, 6) is 0.474. The zero-order valence-corrected chi connectivity index (χ0v) is 12.5. The molecule has 3 aromatic heterocycles. The fourth-order valence-electron chi connectivity index (χ4n) is 2.06. The van der Waals surface area contributed by atoms with Gasteiger partial charge in [-0.15, -0.1) is 21.5 Å². The summed E-state index contributed by atoms with van der Waals surface area (Å²) in [5, 5.41) is 16.9. The Bertz CT molecular complexity index is 744. The van der Waals surface area contributed by atoms with E-state index in [1.54, 1.807) is 23.3 Å². The lowest BCUT2D eigenvalue weighted by Crippen LogP contribution is -2.12. The monoisotopic (exact) mass is 302 g/mol. The van der Waals surface area contributed by atoms with Gasteiger partial charge < -0.3 is 5.32 Å². The largest absolute Gasteiger partial charge is 0.317 e. The number of hydrogen-bond donors (Lipinski definition) is 1. The lowest BCUT2D eigenvalue weighted by Gasteiger charge is -2.05. The molecule has 0 fully saturated rings. The fourth-order valence-corrected chi connectivity index (χ4v) is 2.68. The van der Waals surface area contributed by atoms with Crippen LogP contribution in [0.1, 0.15) is 22.3 Å². The molecule has 8 heteroatoms. The lowest BCUT2D eigenvalue weighted by molar-refractivity contribution is 0.103. The Hall–Kier alpha value is -2.48. The zero-order chi connectivity index (χ0) is 14.8. The first-order chi connectivity index (χ1) is 10.2. The molecule has 0 bridgehead atoms. The van der Waals surface area contributed by atoms with Crippen LogP contribution in [-0.2, 0) is 6.54 Å². The van der Waals surface area contributed by atoms with Crippen molar-refractivity contribution in [1.82, 2.24) is 24.5 Å². The predicted octanol–water partition coefficient (Wildman–Crippen LogP) is 2.11.